The molecule has 130 valence electrons. The van der Waals surface area contributed by atoms with Crippen LogP contribution in [0.15, 0.2) is 23.0 Å². The topological polar surface area (TPSA) is 26.3 Å². The van der Waals surface area contributed by atoms with E-state index in [0.29, 0.717) is 24.5 Å². The second kappa shape index (κ2) is 5.91. The molecule has 0 bridgehead atoms. The van der Waals surface area contributed by atoms with E-state index in [-0.39, 0.29) is 10.5 Å². The molecule has 2 rings (SSSR count). The van der Waals surface area contributed by atoms with Gasteiger partial charge in [0.1, 0.15) is 5.78 Å². The Morgan fingerprint density at radius 2 is 1.83 bits per heavy atom. The van der Waals surface area contributed by atoms with Crippen molar-refractivity contribution in [1.82, 2.24) is 0 Å². The van der Waals surface area contributed by atoms with Gasteiger partial charge in [0.2, 0.25) is 8.32 Å². The van der Waals surface area contributed by atoms with Gasteiger partial charge in [-0.15, -0.1) is 0 Å². The van der Waals surface area contributed by atoms with E-state index >= 15 is 0 Å². The van der Waals surface area contributed by atoms with E-state index in [4.69, 9.17) is 4.43 Å². The van der Waals surface area contributed by atoms with Gasteiger partial charge in [0, 0.05) is 19.3 Å². The van der Waals surface area contributed by atoms with E-state index in [1.807, 2.05) is 0 Å². The lowest BCUT2D eigenvalue weighted by Crippen LogP contribution is -2.40. The molecule has 2 aliphatic rings. The summed E-state index contributed by atoms with van der Waals surface area (Å²) in [4.78, 5) is 12.2. The number of carbonyl (C=O) groups is 1. The normalized spacial score (nSPS) is 27.9. The molecule has 3 heteroatoms. The average Bonchev–Trinajstić information content (AvgIpc) is 2.62. The Bertz CT molecular complexity index is 559. The van der Waals surface area contributed by atoms with Gasteiger partial charge in [0.05, 0.1) is 5.76 Å². The Morgan fingerprint density at radius 1 is 1.22 bits per heavy atom. The van der Waals surface area contributed by atoms with Crippen LogP contribution in [0.3, 0.4) is 0 Å². The summed E-state index contributed by atoms with van der Waals surface area (Å²) in [6, 6.07) is 0. The number of ketones is 1. The maximum Gasteiger partial charge on any atom is 0.250 e. The van der Waals surface area contributed by atoms with Gasteiger partial charge < -0.3 is 4.43 Å². The minimum absolute atomic E-state index is 0.0946. The predicted molar refractivity (Wildman–Crippen MR) is 99.8 cm³/mol. The standard InChI is InChI=1S/C20H34O2Si/c1-14-17-13-20(5,6)10-9-16(21)11-15(17)12-18(14)22-23(7,8)19(2,3)4/h13,15H,9-12H2,1-8H3/b17-13-. The van der Waals surface area contributed by atoms with E-state index in [1.54, 1.807) is 0 Å². The van der Waals surface area contributed by atoms with Crippen LogP contribution in [0.2, 0.25) is 18.1 Å². The quantitative estimate of drug-likeness (QED) is 0.578. The fourth-order valence-corrected chi connectivity index (χ4v) is 4.43. The zero-order valence-electron chi connectivity index (χ0n) is 16.3. The van der Waals surface area contributed by atoms with Crippen molar-refractivity contribution in [2.75, 3.05) is 0 Å². The Morgan fingerprint density at radius 3 is 2.39 bits per heavy atom. The maximum absolute atomic E-state index is 12.2. The molecule has 2 aliphatic carbocycles. The van der Waals surface area contributed by atoms with Crippen molar-refractivity contribution in [3.63, 3.8) is 0 Å². The molecule has 1 unspecified atom stereocenters. The second-order valence-electron chi connectivity index (χ2n) is 9.64. The number of hydrogen-bond donors (Lipinski definition) is 0. The van der Waals surface area contributed by atoms with Crippen molar-refractivity contribution in [3.8, 4) is 0 Å². The molecule has 0 heterocycles. The summed E-state index contributed by atoms with van der Waals surface area (Å²) in [6.45, 7) is 18.1. The summed E-state index contributed by atoms with van der Waals surface area (Å²) < 4.78 is 6.62. The number of allylic oxidation sites excluding steroid dienone is 4. The Labute approximate surface area is 143 Å². The van der Waals surface area contributed by atoms with Crippen LogP contribution in [0.25, 0.3) is 0 Å². The summed E-state index contributed by atoms with van der Waals surface area (Å²) in [5.41, 5.74) is 2.76. The Balaban J connectivity index is 2.35. The summed E-state index contributed by atoms with van der Waals surface area (Å²) in [5, 5.41) is 0.200. The molecule has 0 N–H and O–H groups in total. The van der Waals surface area contributed by atoms with Crippen LogP contribution < -0.4 is 0 Å². The van der Waals surface area contributed by atoms with Gasteiger partial charge in [0.25, 0.3) is 0 Å². The SMILES string of the molecule is CC1=C(O[Si](C)(C)C(C)(C)C)CC2CC(=O)CCC(C)(C)/C=C/12. The van der Waals surface area contributed by atoms with Crippen LogP contribution in [-0.2, 0) is 9.22 Å². The van der Waals surface area contributed by atoms with Gasteiger partial charge >= 0.3 is 0 Å². The van der Waals surface area contributed by atoms with Crippen molar-refractivity contribution < 1.29 is 9.22 Å². The molecule has 0 saturated carbocycles. The van der Waals surface area contributed by atoms with E-state index < -0.39 is 8.32 Å². The zero-order chi connectivity index (χ0) is 17.6. The van der Waals surface area contributed by atoms with Gasteiger partial charge in [0.15, 0.2) is 0 Å². The van der Waals surface area contributed by atoms with Gasteiger partial charge in [-0.1, -0.05) is 40.7 Å². The van der Waals surface area contributed by atoms with Gasteiger partial charge in [-0.3, -0.25) is 4.79 Å². The van der Waals surface area contributed by atoms with Crippen LogP contribution >= 0.6 is 0 Å². The molecular formula is C20H34O2Si. The molecular weight excluding hydrogens is 300 g/mol. The highest BCUT2D eigenvalue weighted by molar-refractivity contribution is 6.74. The molecule has 0 aromatic rings. The molecule has 0 radical (unpaired) electrons. The summed E-state index contributed by atoms with van der Waals surface area (Å²) in [7, 11) is -1.82. The first-order chi connectivity index (χ1) is 10.3. The monoisotopic (exact) mass is 334 g/mol. The number of fused-ring (bicyclic) bond motifs is 1. The van der Waals surface area contributed by atoms with Crippen LogP contribution in [0, 0.1) is 11.3 Å². The van der Waals surface area contributed by atoms with Crippen molar-refractivity contribution in [2.45, 2.75) is 85.4 Å². The molecule has 23 heavy (non-hydrogen) atoms. The molecule has 0 aliphatic heterocycles. The van der Waals surface area contributed by atoms with Gasteiger partial charge in [-0.2, -0.15) is 0 Å². The first-order valence-electron chi connectivity index (χ1n) is 8.96. The molecule has 1 atom stereocenters. The van der Waals surface area contributed by atoms with E-state index in [0.717, 1.165) is 18.6 Å². The highest BCUT2D eigenvalue weighted by Gasteiger charge is 2.42. The van der Waals surface area contributed by atoms with Crippen LogP contribution in [0.4, 0.5) is 0 Å². The molecule has 0 spiro atoms. The molecule has 2 nitrogen and oxygen atoms in total. The highest BCUT2D eigenvalue weighted by atomic mass is 28.4. The summed E-state index contributed by atoms with van der Waals surface area (Å²) in [5.74, 6) is 1.90. The van der Waals surface area contributed by atoms with Crippen molar-refractivity contribution in [1.29, 1.82) is 0 Å². The number of carbonyl (C=O) groups excluding carboxylic acids is 1. The molecule has 0 amide bonds. The fourth-order valence-electron chi connectivity index (χ4n) is 3.27. The zero-order valence-corrected chi connectivity index (χ0v) is 17.3. The van der Waals surface area contributed by atoms with Crippen molar-refractivity contribution >= 4 is 14.1 Å². The first kappa shape index (κ1) is 18.5. The van der Waals surface area contributed by atoms with Gasteiger partial charge in [-0.25, -0.2) is 0 Å². The Hall–Kier alpha value is -0.833. The van der Waals surface area contributed by atoms with E-state index in [1.165, 1.54) is 11.1 Å². The third kappa shape index (κ3) is 3.99. The van der Waals surface area contributed by atoms with E-state index in [2.05, 4.69) is 60.7 Å². The predicted octanol–water partition coefficient (Wildman–Crippen LogP) is 6.01. The maximum atomic E-state index is 12.2. The van der Waals surface area contributed by atoms with Crippen molar-refractivity contribution in [2.24, 2.45) is 11.3 Å². The number of Topliss-reactive ketones (excluding diaryl/α,β-unsaturated/α-hetero) is 1. The molecule has 0 saturated heterocycles. The largest absolute Gasteiger partial charge is 0.546 e. The lowest BCUT2D eigenvalue weighted by molar-refractivity contribution is -0.120. The molecule has 0 fully saturated rings. The smallest absolute Gasteiger partial charge is 0.250 e. The van der Waals surface area contributed by atoms with Crippen LogP contribution in [-0.4, -0.2) is 14.1 Å². The van der Waals surface area contributed by atoms with Crippen molar-refractivity contribution in [3.05, 3.63) is 23.0 Å². The molecule has 0 aromatic heterocycles. The lowest BCUT2D eigenvalue weighted by atomic mass is 9.78. The third-order valence-electron chi connectivity index (χ3n) is 5.98. The van der Waals surface area contributed by atoms with Gasteiger partial charge in [-0.05, 0) is 54.0 Å². The fraction of sp³-hybridized carbons (Fsp3) is 0.750. The number of rotatable bonds is 2. The van der Waals surface area contributed by atoms with Crippen LogP contribution in [0.1, 0.15) is 67.2 Å². The second-order valence-corrected chi connectivity index (χ2v) is 14.4. The average molecular weight is 335 g/mol. The molecule has 0 aromatic carbocycles. The van der Waals surface area contributed by atoms with Crippen LogP contribution in [0.5, 0.6) is 0 Å². The lowest BCUT2D eigenvalue weighted by Gasteiger charge is -2.37. The third-order valence-corrected chi connectivity index (χ3v) is 10.3. The van der Waals surface area contributed by atoms with E-state index in [9.17, 15) is 4.79 Å². The number of hydrogen-bond acceptors (Lipinski definition) is 2. The minimum atomic E-state index is -1.82. The summed E-state index contributed by atoms with van der Waals surface area (Å²) in [6.07, 6.45) is 5.68. The summed E-state index contributed by atoms with van der Waals surface area (Å²) >= 11 is 0. The Kier molecular flexibility index (Phi) is 4.75. The highest BCUT2D eigenvalue weighted by Crippen LogP contribution is 2.47. The minimum Gasteiger partial charge on any atom is -0.546 e. The first-order valence-corrected chi connectivity index (χ1v) is 11.9.